The molecule has 6 aromatic heterocycles. The fourth-order valence-electron chi connectivity index (χ4n) is 11.1. The Balaban J connectivity index is 0.000000342. The largest absolute Gasteiger partial charge is 0.449 e. The molecule has 0 saturated carbocycles. The molecule has 564 valence electrons. The van der Waals surface area contributed by atoms with E-state index in [1.807, 2.05) is 74.2 Å². The zero-order valence-electron chi connectivity index (χ0n) is 57.7. The first-order valence-corrected chi connectivity index (χ1v) is 35.8. The first-order valence-electron chi connectivity index (χ1n) is 33.3. The molecule has 0 spiro atoms. The van der Waals surface area contributed by atoms with Crippen LogP contribution in [0.1, 0.15) is 79.3 Å². The minimum Gasteiger partial charge on any atom is -0.402 e. The van der Waals surface area contributed by atoms with E-state index in [1.54, 1.807) is 56.3 Å². The zero-order chi connectivity index (χ0) is 73.9. The monoisotopic (exact) mass is 1510 g/mol. The number of amidine groups is 1. The molecular formula is C68H92F7N23O3S3. The Kier molecular flexibility index (Phi) is 24.3. The highest BCUT2D eigenvalue weighted by Gasteiger charge is 2.43. The van der Waals surface area contributed by atoms with Crippen LogP contribution in [0.5, 0.6) is 0 Å². The van der Waals surface area contributed by atoms with Crippen molar-refractivity contribution >= 4 is 116 Å². The number of amides is 2. The maximum Gasteiger partial charge on any atom is 0.449 e. The summed E-state index contributed by atoms with van der Waals surface area (Å²) in [7, 11) is 1.37. The van der Waals surface area contributed by atoms with Crippen LogP contribution >= 0.6 is 35.3 Å². The number of aromatic amines is 2. The van der Waals surface area contributed by atoms with Crippen LogP contribution in [-0.2, 0) is 34.0 Å². The number of alkyl halides is 7. The molecule has 2 amide bonds. The van der Waals surface area contributed by atoms with Crippen molar-refractivity contribution in [3.8, 4) is 0 Å². The molecule has 13 rings (SSSR count). The number of hydrogen-bond donors (Lipinski definition) is 8. The van der Waals surface area contributed by atoms with Crippen molar-refractivity contribution in [2.75, 3.05) is 103 Å². The summed E-state index contributed by atoms with van der Waals surface area (Å²) in [6, 6.07) is 28.5. The van der Waals surface area contributed by atoms with Gasteiger partial charge in [0, 0.05) is 148 Å². The van der Waals surface area contributed by atoms with Crippen LogP contribution < -0.4 is 42.5 Å². The molecule has 0 unspecified atom stereocenters. The van der Waals surface area contributed by atoms with E-state index in [1.165, 1.54) is 60.9 Å². The molecule has 4 fully saturated rings. The first-order chi connectivity index (χ1) is 49.6. The number of imidazole rings is 1. The number of nitrogens with zero attached hydrogens (tertiary/aromatic N) is 15. The maximum absolute atomic E-state index is 14.5. The number of morpholine rings is 1. The molecule has 104 heavy (non-hydrogen) atoms. The van der Waals surface area contributed by atoms with E-state index in [0.29, 0.717) is 96.1 Å². The van der Waals surface area contributed by atoms with Gasteiger partial charge in [-0.2, -0.15) is 36.5 Å². The number of aliphatic imine (C=N–C) groups is 1. The van der Waals surface area contributed by atoms with Gasteiger partial charge >= 0.3 is 12.4 Å². The highest BCUT2D eigenvalue weighted by molar-refractivity contribution is 7.99. The summed E-state index contributed by atoms with van der Waals surface area (Å²) in [6.07, 6.45) is -6.09. The number of likely N-dealkylation sites (tertiary alicyclic amines) is 1. The second-order valence-electron chi connectivity index (χ2n) is 25.1. The van der Waals surface area contributed by atoms with E-state index in [4.69, 9.17) is 26.2 Å². The molecule has 4 aliphatic rings. The molecule has 0 atom stereocenters. The van der Waals surface area contributed by atoms with Crippen LogP contribution in [0.25, 0.3) is 11.0 Å². The lowest BCUT2D eigenvalue weighted by molar-refractivity contribution is -0.150. The van der Waals surface area contributed by atoms with Crippen LogP contribution in [0.2, 0.25) is 0 Å². The third kappa shape index (κ3) is 21.3. The van der Waals surface area contributed by atoms with E-state index in [-0.39, 0.29) is 40.2 Å². The average molecular weight is 1510 g/mol. The number of ether oxygens (including phenoxy) is 1. The number of nitrogens with two attached hydrogens (primary N) is 2. The summed E-state index contributed by atoms with van der Waals surface area (Å²) >= 11 is 3.96. The molecule has 3 aromatic carbocycles. The number of anilines is 8. The van der Waals surface area contributed by atoms with Crippen LogP contribution in [0.3, 0.4) is 0 Å². The molecule has 4 aliphatic heterocycles. The van der Waals surface area contributed by atoms with Gasteiger partial charge in [-0.1, -0.05) is 13.8 Å². The van der Waals surface area contributed by atoms with Gasteiger partial charge in [0.15, 0.2) is 32.9 Å². The van der Waals surface area contributed by atoms with Gasteiger partial charge in [-0.05, 0) is 155 Å². The minimum absolute atomic E-state index is 0. The Morgan fingerprint density at radius 1 is 0.692 bits per heavy atom. The predicted molar refractivity (Wildman–Crippen MR) is 402 cm³/mol. The highest BCUT2D eigenvalue weighted by atomic mass is 32.2. The van der Waals surface area contributed by atoms with Crippen molar-refractivity contribution < 1.29 is 55.0 Å². The summed E-state index contributed by atoms with van der Waals surface area (Å²) in [5.41, 5.74) is 15.4. The van der Waals surface area contributed by atoms with Gasteiger partial charge < -0.3 is 56.7 Å². The van der Waals surface area contributed by atoms with Crippen LogP contribution in [0.15, 0.2) is 144 Å². The molecule has 10 heterocycles. The summed E-state index contributed by atoms with van der Waals surface area (Å²) < 4.78 is 98.1. The van der Waals surface area contributed by atoms with Crippen molar-refractivity contribution in [2.45, 2.75) is 121 Å². The lowest BCUT2D eigenvalue weighted by Crippen LogP contribution is -2.61. The number of aromatic nitrogens is 12. The Morgan fingerprint density at radius 2 is 1.24 bits per heavy atom. The molecule has 4 saturated heterocycles. The minimum atomic E-state index is -4.57. The Morgan fingerprint density at radius 3 is 1.75 bits per heavy atom. The fraction of sp³-hybridized carbons (Fsp3) is 0.382. The standard InChI is InChI=1S/C24H26F3N9OS.C22H23F4N7OS.C22H29N7OS.7H2/c1-14-9-20(33-32-14)29-19-11-21(36-12-15(13-36)35-5-7-37-8-6-35)31-23(30-19)38-16-3-4-17-18(10-16)34(2)22(28-17)24(25,26)27;1-3-21(23)11-33(12-21)18-9-16(28-17-8-13(2)31-32-17)29-20(30-18)35-15-6-4-14(5-7-15)27-19(34)10-22(24,25)26;1-3-21(30)25-16-5-7-18(8-6-16)31-22-26-17(9-12-29-10-4-11-29)14-20(28-22)27-19(24)13-15(2)23;;;;;;;/h3-4,9-11,15H,5-8,12-13H2,1-2H3,(H2,29,30,31,32,33);4-9H,3,10-12H2,1-2H3,(H,27,34)(H2,28,29,30,31,32);5-8,13-14H,3-4,9-12,23H2,1-2H3,(H,25,30)(H2,24,26,27,28);7*1H. The lowest BCUT2D eigenvalue weighted by Gasteiger charge is -2.47. The van der Waals surface area contributed by atoms with E-state index in [9.17, 15) is 40.3 Å². The number of H-pyrrole nitrogens is 2. The number of halogens is 7. The number of nitrogens with one attached hydrogen (secondary N) is 6. The summed E-state index contributed by atoms with van der Waals surface area (Å²) in [5.74, 6) is 2.35. The van der Waals surface area contributed by atoms with Gasteiger partial charge in [0.25, 0.3) is 0 Å². The van der Waals surface area contributed by atoms with E-state index in [2.05, 4.69) is 86.3 Å². The predicted octanol–water partition coefficient (Wildman–Crippen LogP) is 13.9. The second-order valence-corrected chi connectivity index (χ2v) is 28.2. The SMILES string of the molecule is CCC(=O)Nc1ccc(Sc2nc(CCN3CCC3)cc(N=C(N)C=C(C)N)n2)cc1.CCC1(F)CN(c2cc(Nc3cc(C)[nH]n3)nc(Sc3ccc(NC(=O)CC(F)(F)F)cc3)n2)C1.Cc1cc(Nc2cc(N3CC(N4CCOCC4)C3)nc(Sc3ccc4nc(C(F)(F)F)n(C)c4c3)n2)n[nH]1.[HH].[HH].[HH].[HH].[HH].[HH].[HH]. The average Bonchev–Trinajstić information content (AvgIpc) is 1.66. The normalized spacial score (nSPS) is 15.8. The molecule has 26 nitrogen and oxygen atoms in total. The van der Waals surface area contributed by atoms with Crippen molar-refractivity contribution in [3.63, 3.8) is 0 Å². The van der Waals surface area contributed by atoms with Crippen molar-refractivity contribution in [1.29, 1.82) is 0 Å². The van der Waals surface area contributed by atoms with Gasteiger partial charge in [0.05, 0.1) is 37.3 Å². The smallest absolute Gasteiger partial charge is 0.402 e. The molecule has 0 radical (unpaired) electrons. The Hall–Kier alpha value is -9.62. The van der Waals surface area contributed by atoms with Gasteiger partial charge in [-0.25, -0.2) is 44.3 Å². The van der Waals surface area contributed by atoms with Crippen LogP contribution in [0.4, 0.5) is 82.8 Å². The van der Waals surface area contributed by atoms with Gasteiger partial charge in [0.1, 0.15) is 41.2 Å². The van der Waals surface area contributed by atoms with Crippen LogP contribution in [0, 0.1) is 13.8 Å². The number of allylic oxidation sites excluding steroid dienone is 1. The summed E-state index contributed by atoms with van der Waals surface area (Å²) in [5, 5.41) is 27.0. The number of benzene rings is 3. The molecule has 9 aromatic rings. The number of aryl methyl sites for hydroxylation is 3. The first kappa shape index (κ1) is 75.5. The van der Waals surface area contributed by atoms with Gasteiger partial charge in [-0.15, -0.1) is 0 Å². The highest BCUT2D eigenvalue weighted by Crippen LogP contribution is 2.39. The number of carbonyl (C=O) groups is 2. The molecule has 0 aliphatic carbocycles. The molecular weight excluding hydrogens is 1420 g/mol. The van der Waals surface area contributed by atoms with Crippen molar-refractivity contribution in [2.24, 2.45) is 23.5 Å². The number of rotatable bonds is 23. The molecule has 36 heteroatoms. The fourth-order valence-corrected chi connectivity index (χ4v) is 13.4. The van der Waals surface area contributed by atoms with Crippen LogP contribution in [-0.4, -0.2) is 177 Å². The summed E-state index contributed by atoms with van der Waals surface area (Å²) in [6.45, 7) is 18.0. The van der Waals surface area contributed by atoms with Crippen molar-refractivity contribution in [3.05, 3.63) is 132 Å². The number of carbonyl (C=O) groups excluding carboxylic acids is 2. The number of fused-ring (bicyclic) bond motifs is 1. The Bertz CT molecular complexity index is 4550. The van der Waals surface area contributed by atoms with Gasteiger partial charge in [-0.3, -0.25) is 24.7 Å². The van der Waals surface area contributed by atoms with E-state index < -0.39 is 36.2 Å². The topological polar surface area (TPSA) is 321 Å². The van der Waals surface area contributed by atoms with E-state index in [0.717, 1.165) is 103 Å². The van der Waals surface area contributed by atoms with E-state index >= 15 is 0 Å². The third-order valence-corrected chi connectivity index (χ3v) is 19.3. The van der Waals surface area contributed by atoms with Crippen molar-refractivity contribution in [1.82, 2.24) is 69.6 Å². The maximum atomic E-state index is 14.5. The van der Waals surface area contributed by atoms with Gasteiger partial charge in [0.2, 0.25) is 17.6 Å². The zero-order valence-corrected chi connectivity index (χ0v) is 60.1. The quantitative estimate of drug-likeness (QED) is 0.0128. The summed E-state index contributed by atoms with van der Waals surface area (Å²) in [4.78, 5) is 70.2. The second kappa shape index (κ2) is 33.4. The number of hydrogen-bond acceptors (Lipinski definition) is 23. The molecule has 10 N–H and O–H groups in total. The third-order valence-electron chi connectivity index (χ3n) is 16.7. The molecule has 0 bridgehead atoms. The lowest BCUT2D eigenvalue weighted by atomic mass is 9.93. The Labute approximate surface area is 617 Å².